The van der Waals surface area contributed by atoms with E-state index in [4.69, 9.17) is 10.8 Å². The number of unbranched alkanes of at least 4 members (excludes halogenated alkanes) is 1. The largest absolute Gasteiger partial charge is 0.480 e. The summed E-state index contributed by atoms with van der Waals surface area (Å²) in [5.41, 5.74) is 5.21. The molecule has 0 unspecified atom stereocenters. The molecule has 1 aliphatic heterocycles. The first-order chi connectivity index (χ1) is 19.3. The summed E-state index contributed by atoms with van der Waals surface area (Å²) in [5.74, 6) is -6.11. The number of carboxylic acid groups (broad SMARTS) is 3. The molecule has 1 heterocycles. The van der Waals surface area contributed by atoms with Crippen LogP contribution < -0.4 is 11.1 Å². The number of amides is 3. The Bertz CT molecular complexity index is 1010. The molecule has 0 aromatic rings. The first kappa shape index (κ1) is 34.7. The quantitative estimate of drug-likeness (QED) is 0.0367. The molecule has 6 N–H and O–H groups in total. The molecule has 0 saturated heterocycles. The lowest BCUT2D eigenvalue weighted by molar-refractivity contribution is -0.144. The van der Waals surface area contributed by atoms with Crippen molar-refractivity contribution in [3.05, 3.63) is 24.6 Å². The maximum atomic E-state index is 12.4. The highest BCUT2D eigenvalue weighted by Gasteiger charge is 2.23. The average molecular weight is 585 g/mol. The molecule has 0 aromatic carbocycles. The van der Waals surface area contributed by atoms with E-state index < -0.39 is 67.8 Å². The van der Waals surface area contributed by atoms with Gasteiger partial charge in [-0.15, -0.1) is 0 Å². The van der Waals surface area contributed by atoms with Gasteiger partial charge in [-0.3, -0.25) is 53.2 Å². The van der Waals surface area contributed by atoms with Gasteiger partial charge in [0, 0.05) is 51.4 Å². The zero-order chi connectivity index (χ0) is 30.9. The van der Waals surface area contributed by atoms with Gasteiger partial charge < -0.3 is 31.1 Å². The van der Waals surface area contributed by atoms with E-state index in [1.54, 1.807) is 0 Å². The minimum Gasteiger partial charge on any atom is -0.480 e. The van der Waals surface area contributed by atoms with Crippen LogP contribution in [0.15, 0.2) is 24.6 Å². The number of ether oxygens (including phenoxy) is 1. The Balaban J connectivity index is 2.61. The van der Waals surface area contributed by atoms with Crippen LogP contribution in [0, 0.1) is 0 Å². The molecule has 0 atom stereocenters. The number of hydrogen-bond acceptors (Lipinski definition) is 12. The van der Waals surface area contributed by atoms with Crippen LogP contribution in [0.3, 0.4) is 0 Å². The van der Waals surface area contributed by atoms with E-state index in [9.17, 15) is 43.8 Å². The molecule has 0 spiro atoms. The van der Waals surface area contributed by atoms with Crippen molar-refractivity contribution < 1.29 is 53.6 Å². The summed E-state index contributed by atoms with van der Waals surface area (Å²) in [6.45, 7) is 1.38. The van der Waals surface area contributed by atoms with E-state index in [1.165, 1.54) is 26.9 Å². The summed E-state index contributed by atoms with van der Waals surface area (Å²) in [6, 6.07) is 0. The first-order valence-corrected chi connectivity index (χ1v) is 12.5. The van der Waals surface area contributed by atoms with Gasteiger partial charge in [-0.1, -0.05) is 0 Å². The number of imide groups is 1. The topological polar surface area (TPSA) is 240 Å². The lowest BCUT2D eigenvalue weighted by Gasteiger charge is -2.27. The summed E-state index contributed by atoms with van der Waals surface area (Å²) in [4.78, 5) is 86.2. The Morgan fingerprint density at radius 3 is 1.73 bits per heavy atom. The number of aliphatic carboxylic acids is 3. The van der Waals surface area contributed by atoms with Crippen LogP contribution in [0.1, 0.15) is 12.8 Å². The normalized spacial score (nSPS) is 12.8. The van der Waals surface area contributed by atoms with Gasteiger partial charge in [0.2, 0.25) is 5.91 Å². The van der Waals surface area contributed by atoms with Crippen LogP contribution in [0.5, 0.6) is 0 Å². The summed E-state index contributed by atoms with van der Waals surface area (Å²) in [5, 5.41) is 30.3. The number of carbonyl (C=O) groups is 7. The van der Waals surface area contributed by atoms with Gasteiger partial charge in [-0.05, 0) is 19.4 Å². The van der Waals surface area contributed by atoms with Crippen molar-refractivity contribution in [1.29, 1.82) is 0 Å². The van der Waals surface area contributed by atoms with Crippen LogP contribution in [0.25, 0.3) is 0 Å². The van der Waals surface area contributed by atoms with E-state index >= 15 is 0 Å². The summed E-state index contributed by atoms with van der Waals surface area (Å²) < 4.78 is 4.63. The first-order valence-electron chi connectivity index (χ1n) is 12.5. The Morgan fingerprint density at radius 1 is 0.780 bits per heavy atom. The second-order valence-corrected chi connectivity index (χ2v) is 9.04. The number of rotatable bonds is 22. The number of carbonyl (C=O) groups excluding carboxylic acids is 4. The minimum atomic E-state index is -1.23. The van der Waals surface area contributed by atoms with Gasteiger partial charge in [0.25, 0.3) is 11.8 Å². The van der Waals surface area contributed by atoms with E-state index in [0.29, 0.717) is 12.8 Å². The molecular weight excluding hydrogens is 548 g/mol. The third-order valence-corrected chi connectivity index (χ3v) is 5.54. The van der Waals surface area contributed by atoms with E-state index in [2.05, 4.69) is 16.6 Å². The number of carboxylic acids is 3. The molecule has 41 heavy (non-hydrogen) atoms. The number of nitrogens with two attached hydrogens (primary N) is 1. The van der Waals surface area contributed by atoms with Crippen molar-refractivity contribution in [2.24, 2.45) is 5.73 Å². The predicted molar refractivity (Wildman–Crippen MR) is 140 cm³/mol. The van der Waals surface area contributed by atoms with Gasteiger partial charge in [0.15, 0.2) is 5.88 Å². The maximum Gasteiger partial charge on any atom is 0.326 e. The van der Waals surface area contributed by atoms with Gasteiger partial charge in [0.1, 0.15) is 0 Å². The Hall–Kier alpha value is -4.35. The molecule has 228 valence electrons. The fourth-order valence-electron chi connectivity index (χ4n) is 3.73. The van der Waals surface area contributed by atoms with E-state index in [1.807, 2.05) is 0 Å². The fourth-order valence-corrected chi connectivity index (χ4v) is 3.73. The highest BCUT2D eigenvalue weighted by atomic mass is 16.5. The monoisotopic (exact) mass is 584 g/mol. The third kappa shape index (κ3) is 15.7. The van der Waals surface area contributed by atoms with Gasteiger partial charge in [-0.25, -0.2) is 0 Å². The number of nitrogens with one attached hydrogen (secondary N) is 1. The lowest BCUT2D eigenvalue weighted by Crippen LogP contribution is -2.46. The molecule has 0 radical (unpaired) electrons. The van der Waals surface area contributed by atoms with Crippen molar-refractivity contribution in [3.63, 3.8) is 0 Å². The zero-order valence-corrected chi connectivity index (χ0v) is 22.5. The van der Waals surface area contributed by atoms with Crippen molar-refractivity contribution in [2.75, 3.05) is 72.0 Å². The smallest absolute Gasteiger partial charge is 0.326 e. The van der Waals surface area contributed by atoms with Crippen LogP contribution in [-0.4, -0.2) is 149 Å². The molecule has 0 saturated carbocycles. The van der Waals surface area contributed by atoms with Crippen molar-refractivity contribution in [3.8, 4) is 0 Å². The zero-order valence-electron chi connectivity index (χ0n) is 22.5. The highest BCUT2D eigenvalue weighted by molar-refractivity contribution is 6.12. The van der Waals surface area contributed by atoms with E-state index in [-0.39, 0.29) is 51.7 Å². The number of hydrogen-bond donors (Lipinski definition) is 5. The Labute approximate surface area is 235 Å². The average Bonchev–Trinajstić information content (AvgIpc) is 3.15. The number of esters is 1. The fraction of sp³-hybridized carbons (Fsp3) is 0.542. The number of nitrogens with zero attached hydrogens (tertiary/aromatic N) is 4. The molecule has 17 heteroatoms. The molecular formula is C24H36N6O11. The Morgan fingerprint density at radius 2 is 1.24 bits per heavy atom. The van der Waals surface area contributed by atoms with Crippen LogP contribution in [0.4, 0.5) is 0 Å². The molecule has 17 nitrogen and oxygen atoms in total. The SMILES string of the molecule is C=C(N)OC(=O)CN(CCN(CCN(CC(=O)O)CC(=O)NCCCCN1C(=O)C=CC1=O)CC(=O)O)CC(=O)O. The second kappa shape index (κ2) is 18.1. The third-order valence-electron chi connectivity index (χ3n) is 5.54. The molecule has 0 fully saturated rings. The highest BCUT2D eigenvalue weighted by Crippen LogP contribution is 2.05. The van der Waals surface area contributed by atoms with Crippen LogP contribution in [0.2, 0.25) is 0 Å². The molecule has 0 bridgehead atoms. The predicted octanol–water partition coefficient (Wildman–Crippen LogP) is -3.06. The van der Waals surface area contributed by atoms with Crippen LogP contribution in [-0.2, 0) is 38.3 Å². The summed E-state index contributed by atoms with van der Waals surface area (Å²) >= 11 is 0. The van der Waals surface area contributed by atoms with Crippen molar-refractivity contribution in [1.82, 2.24) is 24.9 Å². The Kier molecular flexibility index (Phi) is 15.3. The van der Waals surface area contributed by atoms with Crippen LogP contribution >= 0.6 is 0 Å². The lowest BCUT2D eigenvalue weighted by atomic mass is 10.3. The van der Waals surface area contributed by atoms with E-state index in [0.717, 1.165) is 4.90 Å². The van der Waals surface area contributed by atoms with Gasteiger partial charge in [-0.2, -0.15) is 0 Å². The molecule has 1 rings (SSSR count). The molecule has 0 aromatic heterocycles. The second-order valence-electron chi connectivity index (χ2n) is 9.04. The molecule has 1 aliphatic rings. The van der Waals surface area contributed by atoms with Crippen molar-refractivity contribution in [2.45, 2.75) is 12.8 Å². The maximum absolute atomic E-state index is 12.4. The minimum absolute atomic E-state index is 0.00107. The summed E-state index contributed by atoms with van der Waals surface area (Å²) in [6.07, 6.45) is 3.29. The summed E-state index contributed by atoms with van der Waals surface area (Å²) in [7, 11) is 0. The van der Waals surface area contributed by atoms with Crippen molar-refractivity contribution >= 4 is 41.6 Å². The van der Waals surface area contributed by atoms with Gasteiger partial charge in [0.05, 0.1) is 32.7 Å². The standard InChI is InChI=1S/C24H36N6O11/c1-17(25)41-24(40)16-29(15-23(38)39)11-9-27(13-21(34)35)8-10-28(14-22(36)37)12-18(31)26-6-2-3-7-30-19(32)4-5-20(30)33/h4-5H,1-3,6-16,25H2,(H,26,31)(H,34,35)(H,36,37)(H,38,39). The molecule has 3 amide bonds. The molecule has 0 aliphatic carbocycles. The van der Waals surface area contributed by atoms with Gasteiger partial charge >= 0.3 is 23.9 Å².